The van der Waals surface area contributed by atoms with Crippen molar-refractivity contribution in [3.8, 4) is 0 Å². The van der Waals surface area contributed by atoms with Crippen LogP contribution < -0.4 is 5.73 Å². The summed E-state index contributed by atoms with van der Waals surface area (Å²) in [5.74, 6) is -1.18. The Balaban J connectivity index is 2.03. The molecule has 1 aromatic rings. The summed E-state index contributed by atoms with van der Waals surface area (Å²) in [6.07, 6.45) is 0.409. The molecule has 0 radical (unpaired) electrons. The molecule has 3 rings (SSSR count). The van der Waals surface area contributed by atoms with E-state index in [1.54, 1.807) is 0 Å². The zero-order valence-corrected chi connectivity index (χ0v) is 10.8. The van der Waals surface area contributed by atoms with Crippen LogP contribution in [0.5, 0.6) is 0 Å². The molecule has 5 nitrogen and oxygen atoms in total. The first kappa shape index (κ1) is 12.3. The lowest BCUT2D eigenvalue weighted by atomic mass is 10.1. The van der Waals surface area contributed by atoms with Crippen molar-refractivity contribution in [3.05, 3.63) is 41.1 Å². The van der Waals surface area contributed by atoms with E-state index in [-0.39, 0.29) is 17.0 Å². The van der Waals surface area contributed by atoms with Gasteiger partial charge in [-0.15, -0.1) is 0 Å². The van der Waals surface area contributed by atoms with E-state index in [1.165, 1.54) is 16.7 Å². The maximum atomic E-state index is 11.5. The Labute approximate surface area is 114 Å². The highest BCUT2D eigenvalue weighted by Gasteiger charge is 2.48. The van der Waals surface area contributed by atoms with E-state index in [2.05, 4.69) is 0 Å². The molecule has 1 atom stereocenters. The molecular formula is C13H12N2O3S. The number of β-lactam (4-membered cyclic amide) rings is 1. The van der Waals surface area contributed by atoms with E-state index >= 15 is 0 Å². The van der Waals surface area contributed by atoms with Crippen molar-refractivity contribution in [2.75, 3.05) is 0 Å². The van der Waals surface area contributed by atoms with Gasteiger partial charge in [0.25, 0.3) is 0 Å². The average molecular weight is 276 g/mol. The largest absolute Gasteiger partial charge is 0.477 e. The molecule has 2 aliphatic rings. The number of carboxylic acids is 1. The SMILES string of the molecule is NCc1ccc(C2=C(C(=O)O)N3C(=O)C[C@@H]3S2)cc1. The number of carbonyl (C=O) groups is 2. The lowest BCUT2D eigenvalue weighted by Gasteiger charge is -2.33. The molecule has 0 unspecified atom stereocenters. The van der Waals surface area contributed by atoms with Gasteiger partial charge in [-0.1, -0.05) is 36.0 Å². The zero-order chi connectivity index (χ0) is 13.6. The van der Waals surface area contributed by atoms with Crippen molar-refractivity contribution in [3.63, 3.8) is 0 Å². The van der Waals surface area contributed by atoms with Crippen molar-refractivity contribution >= 4 is 28.5 Å². The molecule has 1 saturated heterocycles. The molecule has 0 aliphatic carbocycles. The van der Waals surface area contributed by atoms with Gasteiger partial charge in [0.05, 0.1) is 11.8 Å². The van der Waals surface area contributed by atoms with Gasteiger partial charge < -0.3 is 10.8 Å². The van der Waals surface area contributed by atoms with E-state index in [0.29, 0.717) is 17.9 Å². The number of amides is 1. The summed E-state index contributed by atoms with van der Waals surface area (Å²) >= 11 is 1.44. The molecule has 0 spiro atoms. The molecule has 0 bridgehead atoms. The molecule has 2 aliphatic heterocycles. The van der Waals surface area contributed by atoms with Gasteiger partial charge in [-0.3, -0.25) is 9.69 Å². The van der Waals surface area contributed by atoms with Crippen molar-refractivity contribution in [1.82, 2.24) is 4.90 Å². The third-order valence-corrected chi connectivity index (χ3v) is 4.58. The van der Waals surface area contributed by atoms with Crippen molar-refractivity contribution in [2.24, 2.45) is 5.73 Å². The summed E-state index contributed by atoms with van der Waals surface area (Å²) in [6, 6.07) is 7.45. The number of benzene rings is 1. The zero-order valence-electron chi connectivity index (χ0n) is 10.00. The first-order valence-electron chi connectivity index (χ1n) is 5.87. The van der Waals surface area contributed by atoms with Gasteiger partial charge in [-0.25, -0.2) is 4.79 Å². The van der Waals surface area contributed by atoms with Gasteiger partial charge >= 0.3 is 5.97 Å². The fourth-order valence-electron chi connectivity index (χ4n) is 2.25. The third-order valence-electron chi connectivity index (χ3n) is 3.27. The Hall–Kier alpha value is -1.79. The van der Waals surface area contributed by atoms with Gasteiger partial charge in [0.2, 0.25) is 5.91 Å². The lowest BCUT2D eigenvalue weighted by molar-refractivity contribution is -0.145. The molecule has 2 heterocycles. The van der Waals surface area contributed by atoms with E-state index < -0.39 is 5.97 Å². The van der Waals surface area contributed by atoms with Gasteiger partial charge in [-0.05, 0) is 11.1 Å². The number of thioether (sulfide) groups is 1. The molecule has 3 N–H and O–H groups in total. The molecule has 0 saturated carbocycles. The molecule has 19 heavy (non-hydrogen) atoms. The Bertz CT molecular complexity index is 594. The Kier molecular flexibility index (Phi) is 2.83. The minimum atomic E-state index is -1.05. The number of carboxylic acid groups (broad SMARTS) is 1. The monoisotopic (exact) mass is 276 g/mol. The fraction of sp³-hybridized carbons (Fsp3) is 0.231. The quantitative estimate of drug-likeness (QED) is 0.811. The first-order valence-corrected chi connectivity index (χ1v) is 6.75. The number of rotatable bonds is 3. The van der Waals surface area contributed by atoms with Gasteiger partial charge in [0, 0.05) is 11.4 Å². The predicted molar refractivity (Wildman–Crippen MR) is 71.7 cm³/mol. The van der Waals surface area contributed by atoms with Crippen LogP contribution >= 0.6 is 11.8 Å². The Morgan fingerprint density at radius 3 is 2.63 bits per heavy atom. The highest BCUT2D eigenvalue weighted by atomic mass is 32.2. The van der Waals surface area contributed by atoms with E-state index in [1.807, 2.05) is 24.3 Å². The number of aliphatic carboxylic acids is 1. The first-order chi connectivity index (χ1) is 9.11. The molecule has 1 amide bonds. The topological polar surface area (TPSA) is 83.6 Å². The van der Waals surface area contributed by atoms with Crippen LogP contribution in [-0.2, 0) is 16.1 Å². The maximum absolute atomic E-state index is 11.5. The third kappa shape index (κ3) is 1.84. The van der Waals surface area contributed by atoms with Crippen molar-refractivity contribution in [1.29, 1.82) is 0 Å². The Morgan fingerprint density at radius 2 is 2.11 bits per heavy atom. The number of hydrogen-bond acceptors (Lipinski definition) is 4. The van der Waals surface area contributed by atoms with E-state index in [9.17, 15) is 14.7 Å². The van der Waals surface area contributed by atoms with Crippen LogP contribution in [0.25, 0.3) is 4.91 Å². The molecule has 0 aromatic heterocycles. The van der Waals surface area contributed by atoms with Crippen LogP contribution in [0.3, 0.4) is 0 Å². The van der Waals surface area contributed by atoms with Crippen LogP contribution in [0.15, 0.2) is 30.0 Å². The van der Waals surface area contributed by atoms with Crippen LogP contribution in [0, 0.1) is 0 Å². The van der Waals surface area contributed by atoms with Crippen LogP contribution in [-0.4, -0.2) is 27.3 Å². The second kappa shape index (κ2) is 4.40. The smallest absolute Gasteiger partial charge is 0.353 e. The summed E-state index contributed by atoms with van der Waals surface area (Å²) in [4.78, 5) is 24.9. The van der Waals surface area contributed by atoms with Crippen molar-refractivity contribution < 1.29 is 14.7 Å². The summed E-state index contributed by atoms with van der Waals surface area (Å²) in [6.45, 7) is 0.450. The minimum Gasteiger partial charge on any atom is -0.477 e. The summed E-state index contributed by atoms with van der Waals surface area (Å²) in [5.41, 5.74) is 7.45. The number of fused-ring (bicyclic) bond motifs is 1. The Morgan fingerprint density at radius 1 is 1.42 bits per heavy atom. The standard InChI is InChI=1S/C13H12N2O3S/c14-6-7-1-3-8(4-2-7)12-11(13(17)18)15-9(16)5-10(15)19-12/h1-4,10H,5-6,14H2,(H,17,18)/t10-/m0/s1. The summed E-state index contributed by atoms with van der Waals surface area (Å²) in [5, 5.41) is 9.25. The van der Waals surface area contributed by atoms with Crippen LogP contribution in [0.2, 0.25) is 0 Å². The van der Waals surface area contributed by atoms with E-state index in [4.69, 9.17) is 5.73 Å². The predicted octanol–water partition coefficient (Wildman–Crippen LogP) is 1.20. The molecule has 98 valence electrons. The van der Waals surface area contributed by atoms with Gasteiger partial charge in [-0.2, -0.15) is 0 Å². The van der Waals surface area contributed by atoms with Crippen LogP contribution in [0.4, 0.5) is 0 Å². The van der Waals surface area contributed by atoms with E-state index in [0.717, 1.165) is 11.1 Å². The number of carbonyl (C=O) groups excluding carboxylic acids is 1. The van der Waals surface area contributed by atoms with Crippen LogP contribution in [0.1, 0.15) is 17.5 Å². The fourth-order valence-corrected chi connectivity index (χ4v) is 3.64. The highest BCUT2D eigenvalue weighted by Crippen LogP contribution is 2.50. The summed E-state index contributed by atoms with van der Waals surface area (Å²) < 4.78 is 0. The second-order valence-corrected chi connectivity index (χ2v) is 5.61. The van der Waals surface area contributed by atoms with Gasteiger partial charge in [0.1, 0.15) is 5.70 Å². The number of nitrogens with zero attached hydrogens (tertiary/aromatic N) is 1. The number of nitrogens with two attached hydrogens (primary N) is 1. The summed E-state index contributed by atoms with van der Waals surface area (Å²) in [7, 11) is 0. The maximum Gasteiger partial charge on any atom is 0.353 e. The van der Waals surface area contributed by atoms with Crippen molar-refractivity contribution in [2.45, 2.75) is 18.3 Å². The second-order valence-electron chi connectivity index (χ2n) is 4.42. The normalized spacial score (nSPS) is 21.4. The molecule has 1 fully saturated rings. The lowest BCUT2D eigenvalue weighted by Crippen LogP contribution is -2.48. The molecule has 1 aromatic carbocycles. The number of hydrogen-bond donors (Lipinski definition) is 2. The molecule has 6 heteroatoms. The molecular weight excluding hydrogens is 264 g/mol. The minimum absolute atomic E-state index is 0.0530. The average Bonchev–Trinajstić information content (AvgIpc) is 2.72. The highest BCUT2D eigenvalue weighted by molar-refractivity contribution is 8.09. The van der Waals surface area contributed by atoms with Gasteiger partial charge in [0.15, 0.2) is 0 Å².